The van der Waals surface area contributed by atoms with Gasteiger partial charge in [0.05, 0.1) is 10.6 Å². The van der Waals surface area contributed by atoms with Crippen molar-refractivity contribution < 1.29 is 8.42 Å². The van der Waals surface area contributed by atoms with Gasteiger partial charge in [-0.2, -0.15) is 0 Å². The van der Waals surface area contributed by atoms with Crippen LogP contribution in [0.5, 0.6) is 0 Å². The van der Waals surface area contributed by atoms with Crippen molar-refractivity contribution in [3.05, 3.63) is 29.3 Å². The number of sulfone groups is 1. The van der Waals surface area contributed by atoms with Gasteiger partial charge < -0.3 is 5.73 Å². The van der Waals surface area contributed by atoms with Crippen LogP contribution < -0.4 is 5.73 Å². The molecule has 1 aromatic rings. The van der Waals surface area contributed by atoms with E-state index >= 15 is 0 Å². The average Bonchev–Trinajstić information content (AvgIpc) is 2.75. The molecule has 19 heavy (non-hydrogen) atoms. The van der Waals surface area contributed by atoms with Crippen molar-refractivity contribution in [2.45, 2.75) is 48.8 Å². The highest BCUT2D eigenvalue weighted by Crippen LogP contribution is 2.40. The maximum absolute atomic E-state index is 12.0. The van der Waals surface area contributed by atoms with Crippen LogP contribution in [-0.4, -0.2) is 20.7 Å². The Bertz CT molecular complexity index is 586. The first-order chi connectivity index (χ1) is 9.07. The lowest BCUT2D eigenvalue weighted by Gasteiger charge is -2.37. The van der Waals surface area contributed by atoms with Gasteiger partial charge in [-0.05, 0) is 36.5 Å². The van der Waals surface area contributed by atoms with Crippen molar-refractivity contribution in [3.8, 4) is 0 Å². The summed E-state index contributed by atoms with van der Waals surface area (Å²) in [6.45, 7) is 0.617. The minimum atomic E-state index is -3.04. The van der Waals surface area contributed by atoms with E-state index in [1.54, 1.807) is 0 Å². The summed E-state index contributed by atoms with van der Waals surface area (Å²) in [6.07, 6.45) is 6.49. The van der Waals surface area contributed by atoms with E-state index in [-0.39, 0.29) is 11.2 Å². The molecule has 0 spiro atoms. The van der Waals surface area contributed by atoms with Crippen LogP contribution in [-0.2, 0) is 21.7 Å². The summed E-state index contributed by atoms with van der Waals surface area (Å²) < 4.78 is 24.1. The van der Waals surface area contributed by atoms with Crippen LogP contribution in [0.2, 0.25) is 0 Å². The molecule has 1 aliphatic carbocycles. The predicted octanol–water partition coefficient (Wildman–Crippen LogP) is 2.18. The molecule has 0 amide bonds. The molecule has 0 atom stereocenters. The summed E-state index contributed by atoms with van der Waals surface area (Å²) in [4.78, 5) is 0.559. The van der Waals surface area contributed by atoms with Crippen LogP contribution in [0.4, 0.5) is 0 Å². The first-order valence-corrected chi connectivity index (χ1v) is 8.79. The summed E-state index contributed by atoms with van der Waals surface area (Å²) in [5, 5.41) is 0. The topological polar surface area (TPSA) is 60.2 Å². The van der Waals surface area contributed by atoms with Crippen LogP contribution in [0.3, 0.4) is 0 Å². The van der Waals surface area contributed by atoms with Gasteiger partial charge in [-0.15, -0.1) is 0 Å². The molecule has 0 bridgehead atoms. The van der Waals surface area contributed by atoms with Gasteiger partial charge in [0.1, 0.15) is 0 Å². The first-order valence-electron chi connectivity index (χ1n) is 7.14. The lowest BCUT2D eigenvalue weighted by molar-refractivity contribution is 0.300. The van der Waals surface area contributed by atoms with Gasteiger partial charge in [0, 0.05) is 12.0 Å². The zero-order chi connectivity index (χ0) is 13.5. The Morgan fingerprint density at radius 3 is 2.58 bits per heavy atom. The minimum Gasteiger partial charge on any atom is -0.330 e. The molecule has 0 saturated heterocycles. The minimum absolute atomic E-state index is 0.00535. The fraction of sp³-hybridized carbons (Fsp3) is 0.600. The SMILES string of the molecule is NCC1(c2ccc3c(c2)S(=O)(=O)CC3)CCCCC1. The molecule has 0 radical (unpaired) electrons. The van der Waals surface area contributed by atoms with Gasteiger partial charge in [0.25, 0.3) is 0 Å². The van der Waals surface area contributed by atoms with Crippen molar-refractivity contribution in [1.82, 2.24) is 0 Å². The second-order valence-electron chi connectivity index (χ2n) is 5.94. The largest absolute Gasteiger partial charge is 0.330 e. The van der Waals surface area contributed by atoms with Crippen molar-refractivity contribution >= 4 is 9.84 Å². The van der Waals surface area contributed by atoms with Crippen molar-refractivity contribution in [2.75, 3.05) is 12.3 Å². The summed E-state index contributed by atoms with van der Waals surface area (Å²) in [5.74, 6) is 0.265. The van der Waals surface area contributed by atoms with E-state index in [4.69, 9.17) is 5.73 Å². The van der Waals surface area contributed by atoms with Crippen LogP contribution in [0.25, 0.3) is 0 Å². The molecule has 3 nitrogen and oxygen atoms in total. The van der Waals surface area contributed by atoms with E-state index in [0.29, 0.717) is 17.9 Å². The second kappa shape index (κ2) is 4.60. The Morgan fingerprint density at radius 1 is 1.16 bits per heavy atom. The van der Waals surface area contributed by atoms with E-state index in [9.17, 15) is 8.42 Å². The third kappa shape index (κ3) is 2.11. The molecule has 1 heterocycles. The molecule has 1 aromatic carbocycles. The number of nitrogens with two attached hydrogens (primary N) is 1. The Morgan fingerprint density at radius 2 is 1.89 bits per heavy atom. The molecule has 0 unspecified atom stereocenters. The molecular weight excluding hydrogens is 258 g/mol. The molecular formula is C15H21NO2S. The van der Waals surface area contributed by atoms with Gasteiger partial charge in [0.2, 0.25) is 0 Å². The molecule has 104 valence electrons. The van der Waals surface area contributed by atoms with E-state index in [1.165, 1.54) is 19.3 Å². The summed E-state index contributed by atoms with van der Waals surface area (Å²) in [6, 6.07) is 6.02. The quantitative estimate of drug-likeness (QED) is 0.902. The maximum Gasteiger partial charge on any atom is 0.178 e. The van der Waals surface area contributed by atoms with E-state index in [1.807, 2.05) is 12.1 Å². The molecule has 0 aromatic heterocycles. The Labute approximate surface area is 115 Å². The number of rotatable bonds is 2. The van der Waals surface area contributed by atoms with Crippen molar-refractivity contribution in [3.63, 3.8) is 0 Å². The van der Waals surface area contributed by atoms with Gasteiger partial charge in [-0.25, -0.2) is 8.42 Å². The van der Waals surface area contributed by atoms with Crippen molar-refractivity contribution in [1.29, 1.82) is 0 Å². The molecule has 1 fully saturated rings. The van der Waals surface area contributed by atoms with E-state index in [0.717, 1.165) is 24.0 Å². The average molecular weight is 279 g/mol. The molecule has 2 aliphatic rings. The van der Waals surface area contributed by atoms with Crippen molar-refractivity contribution in [2.24, 2.45) is 5.73 Å². The smallest absolute Gasteiger partial charge is 0.178 e. The predicted molar refractivity (Wildman–Crippen MR) is 76.0 cm³/mol. The lowest BCUT2D eigenvalue weighted by Crippen LogP contribution is -2.37. The number of aryl methyl sites for hydroxylation is 1. The van der Waals surface area contributed by atoms with Gasteiger partial charge in [0.15, 0.2) is 9.84 Å². The number of hydrogen-bond donors (Lipinski definition) is 1. The van der Waals surface area contributed by atoms with E-state index < -0.39 is 9.84 Å². The van der Waals surface area contributed by atoms with Crippen LogP contribution in [0.15, 0.2) is 23.1 Å². The highest BCUT2D eigenvalue weighted by atomic mass is 32.2. The van der Waals surface area contributed by atoms with E-state index in [2.05, 4.69) is 6.07 Å². The number of hydrogen-bond acceptors (Lipinski definition) is 3. The highest BCUT2D eigenvalue weighted by molar-refractivity contribution is 7.91. The maximum atomic E-state index is 12.0. The first kappa shape index (κ1) is 13.1. The van der Waals surface area contributed by atoms with Gasteiger partial charge >= 0.3 is 0 Å². The van der Waals surface area contributed by atoms with Gasteiger partial charge in [-0.1, -0.05) is 31.4 Å². The lowest BCUT2D eigenvalue weighted by atomic mass is 9.69. The van der Waals surface area contributed by atoms with Crippen LogP contribution in [0.1, 0.15) is 43.2 Å². The zero-order valence-corrected chi connectivity index (χ0v) is 12.0. The summed E-state index contributed by atoms with van der Waals surface area (Å²) in [7, 11) is -3.04. The Balaban J connectivity index is 2.07. The monoisotopic (exact) mass is 279 g/mol. The van der Waals surface area contributed by atoms with Gasteiger partial charge in [-0.3, -0.25) is 0 Å². The third-order valence-corrected chi connectivity index (χ3v) is 6.65. The fourth-order valence-corrected chi connectivity index (χ4v) is 5.16. The summed E-state index contributed by atoms with van der Waals surface area (Å²) >= 11 is 0. The van der Waals surface area contributed by atoms with Crippen LogP contribution >= 0.6 is 0 Å². The Hall–Kier alpha value is -0.870. The second-order valence-corrected chi connectivity index (χ2v) is 8.01. The number of fused-ring (bicyclic) bond motifs is 1. The number of benzene rings is 1. The highest BCUT2D eigenvalue weighted by Gasteiger charge is 2.35. The summed E-state index contributed by atoms with van der Waals surface area (Å²) in [5.41, 5.74) is 8.16. The van der Waals surface area contributed by atoms with Crippen LogP contribution in [0, 0.1) is 0 Å². The normalized spacial score (nSPS) is 24.1. The molecule has 3 rings (SSSR count). The molecule has 1 aliphatic heterocycles. The molecule has 2 N–H and O–H groups in total. The fourth-order valence-electron chi connectivity index (χ4n) is 3.57. The zero-order valence-electron chi connectivity index (χ0n) is 11.2. The third-order valence-electron chi connectivity index (χ3n) is 4.86. The molecule has 4 heteroatoms. The Kier molecular flexibility index (Phi) is 3.18. The molecule has 1 saturated carbocycles. The standard InChI is InChI=1S/C15H21NO2S/c16-11-15(7-2-1-3-8-15)13-5-4-12-6-9-19(17,18)14(12)10-13/h4-5,10H,1-3,6-9,11,16H2.